The van der Waals surface area contributed by atoms with Gasteiger partial charge in [-0.1, -0.05) is 32.9 Å². The van der Waals surface area contributed by atoms with Crippen molar-refractivity contribution >= 4 is 37.3 Å². The van der Waals surface area contributed by atoms with Crippen molar-refractivity contribution in [1.82, 2.24) is 4.31 Å². The Bertz CT molecular complexity index is 1670. The molecule has 2 bridgehead atoms. The lowest BCUT2D eigenvalue weighted by Gasteiger charge is -2.39. The number of hydrogen-bond donors (Lipinski definition) is 2. The average Bonchev–Trinajstić information content (AvgIpc) is 3.18. The van der Waals surface area contributed by atoms with E-state index in [0.717, 1.165) is 19.3 Å². The lowest BCUT2D eigenvalue weighted by atomic mass is 9.65. The molecule has 1 saturated carbocycles. The summed E-state index contributed by atoms with van der Waals surface area (Å²) >= 11 is 0. The second-order valence-electron chi connectivity index (χ2n) is 12.1. The maximum absolute atomic E-state index is 13.5. The van der Waals surface area contributed by atoms with Crippen LogP contribution in [0, 0.1) is 10.8 Å². The van der Waals surface area contributed by atoms with Crippen molar-refractivity contribution in [1.29, 1.82) is 0 Å². The number of carbonyl (C=O) groups excluding carboxylic acids is 1. The van der Waals surface area contributed by atoms with Crippen LogP contribution in [0.5, 0.6) is 5.75 Å². The summed E-state index contributed by atoms with van der Waals surface area (Å²) in [4.78, 5) is 13.1. The van der Waals surface area contributed by atoms with Gasteiger partial charge in [-0.15, -0.1) is 0 Å². The first-order valence-electron chi connectivity index (χ1n) is 13.4. The van der Waals surface area contributed by atoms with Crippen LogP contribution in [-0.2, 0) is 20.0 Å². The lowest BCUT2D eigenvalue weighted by molar-refractivity contribution is 0.102. The number of para-hydroxylation sites is 2. The van der Waals surface area contributed by atoms with Crippen molar-refractivity contribution in [2.45, 2.75) is 55.9 Å². The number of benzene rings is 3. The second kappa shape index (κ2) is 10.5. The minimum absolute atomic E-state index is 0.0135. The molecule has 1 amide bonds. The van der Waals surface area contributed by atoms with Gasteiger partial charge >= 0.3 is 0 Å². The molecular formula is C30H35N3O6S2. The third-order valence-corrected chi connectivity index (χ3v) is 11.2. The summed E-state index contributed by atoms with van der Waals surface area (Å²) in [6.45, 7) is 7.08. The normalized spacial score (nSPS) is 22.2. The minimum Gasteiger partial charge on any atom is -0.495 e. The fourth-order valence-corrected chi connectivity index (χ4v) is 9.30. The van der Waals surface area contributed by atoms with Crippen LogP contribution in [0.4, 0.5) is 11.4 Å². The number of fused-ring (bicyclic) bond motifs is 2. The summed E-state index contributed by atoms with van der Waals surface area (Å²) < 4.78 is 62.1. The van der Waals surface area contributed by atoms with E-state index in [2.05, 4.69) is 30.8 Å². The summed E-state index contributed by atoms with van der Waals surface area (Å²) in [7, 11) is -6.13. The first-order valence-corrected chi connectivity index (χ1v) is 16.3. The quantitative estimate of drug-likeness (QED) is 0.362. The molecule has 0 unspecified atom stereocenters. The van der Waals surface area contributed by atoms with E-state index < -0.39 is 26.0 Å². The Morgan fingerprint density at radius 1 is 0.878 bits per heavy atom. The van der Waals surface area contributed by atoms with Gasteiger partial charge in [-0.3, -0.25) is 9.52 Å². The van der Waals surface area contributed by atoms with E-state index in [1.807, 2.05) is 0 Å². The fourth-order valence-electron chi connectivity index (χ4n) is 6.46. The number of rotatable bonds is 8. The molecule has 2 atom stereocenters. The highest BCUT2D eigenvalue weighted by atomic mass is 32.2. The minimum atomic E-state index is -3.89. The Labute approximate surface area is 242 Å². The molecule has 1 aliphatic heterocycles. The molecule has 1 saturated heterocycles. The largest absolute Gasteiger partial charge is 0.495 e. The average molecular weight is 598 g/mol. The predicted octanol–water partition coefficient (Wildman–Crippen LogP) is 5.34. The highest BCUT2D eigenvalue weighted by Gasteiger charge is 2.53. The maximum Gasteiger partial charge on any atom is 0.262 e. The van der Waals surface area contributed by atoms with Crippen LogP contribution >= 0.6 is 0 Å². The lowest BCUT2D eigenvalue weighted by Crippen LogP contribution is -2.37. The Balaban J connectivity index is 1.25. The van der Waals surface area contributed by atoms with Crippen molar-refractivity contribution in [2.75, 3.05) is 23.7 Å². The topological polar surface area (TPSA) is 122 Å². The van der Waals surface area contributed by atoms with Gasteiger partial charge in [-0.25, -0.2) is 16.8 Å². The summed E-state index contributed by atoms with van der Waals surface area (Å²) in [6, 6.07) is 18.3. The molecule has 1 aliphatic carbocycles. The van der Waals surface area contributed by atoms with Gasteiger partial charge in [0, 0.05) is 23.8 Å². The molecule has 3 aromatic rings. The number of ether oxygens (including phenoxy) is 1. The van der Waals surface area contributed by atoms with Crippen LogP contribution in [0.2, 0.25) is 0 Å². The smallest absolute Gasteiger partial charge is 0.262 e. The molecule has 2 aliphatic rings. The van der Waals surface area contributed by atoms with Crippen LogP contribution in [0.1, 0.15) is 50.4 Å². The number of nitrogens with one attached hydrogen (secondary N) is 2. The summed E-state index contributed by atoms with van der Waals surface area (Å²) in [5.41, 5.74) is 1.05. The molecule has 2 fully saturated rings. The molecule has 41 heavy (non-hydrogen) atoms. The molecule has 11 heteroatoms. The summed E-state index contributed by atoms with van der Waals surface area (Å²) in [6.07, 6.45) is 2.69. The zero-order valence-corrected chi connectivity index (χ0v) is 25.2. The molecular weight excluding hydrogens is 562 g/mol. The van der Waals surface area contributed by atoms with Crippen molar-refractivity contribution in [3.63, 3.8) is 0 Å². The summed E-state index contributed by atoms with van der Waals surface area (Å²) in [5, 5.41) is 2.73. The van der Waals surface area contributed by atoms with Crippen LogP contribution in [-0.4, -0.2) is 46.7 Å². The number of nitrogens with zero attached hydrogens (tertiary/aromatic N) is 1. The van der Waals surface area contributed by atoms with Crippen LogP contribution in [0.3, 0.4) is 0 Å². The molecule has 0 spiro atoms. The third kappa shape index (κ3) is 5.98. The van der Waals surface area contributed by atoms with E-state index in [1.165, 1.54) is 55.6 Å². The van der Waals surface area contributed by atoms with Gasteiger partial charge in [0.2, 0.25) is 10.0 Å². The molecule has 9 nitrogen and oxygen atoms in total. The number of carbonyl (C=O) groups is 1. The van der Waals surface area contributed by atoms with Gasteiger partial charge in [0.25, 0.3) is 15.9 Å². The van der Waals surface area contributed by atoms with Gasteiger partial charge in [-0.05, 0) is 90.8 Å². The zero-order valence-electron chi connectivity index (χ0n) is 23.5. The number of amides is 1. The predicted molar refractivity (Wildman–Crippen MR) is 158 cm³/mol. The van der Waals surface area contributed by atoms with E-state index in [0.29, 0.717) is 23.7 Å². The Kier molecular flexibility index (Phi) is 7.42. The number of anilines is 2. The van der Waals surface area contributed by atoms with Crippen LogP contribution in [0.25, 0.3) is 0 Å². The van der Waals surface area contributed by atoms with Crippen LogP contribution in [0.15, 0.2) is 82.6 Å². The van der Waals surface area contributed by atoms with E-state index >= 15 is 0 Å². The standard InChI is InChI=1S/C30H35N3O6S2/c1-29(2)17-23-18-30(3,19-29)20-33(23)41(37,38)25-13-9-21(10-14-25)28(34)31-22-11-15-24(16-12-22)40(35,36)32-26-7-5-6-8-27(26)39-4/h5-16,23,32H,17-20H2,1-4H3,(H,31,34)/t23-,30-/m0/s1. The zero-order chi connectivity index (χ0) is 29.6. The SMILES string of the molecule is COc1ccccc1NS(=O)(=O)c1ccc(NC(=O)c2ccc(S(=O)(=O)N3C[C@@]4(C)C[C@@H]3CC(C)(C)C4)cc2)cc1. The fraction of sp³-hybridized carbons (Fsp3) is 0.367. The first-order chi connectivity index (χ1) is 19.2. The molecule has 5 rings (SSSR count). The van der Waals surface area contributed by atoms with E-state index in [4.69, 9.17) is 4.74 Å². The molecule has 1 heterocycles. The molecule has 0 radical (unpaired) electrons. The molecule has 2 N–H and O–H groups in total. The van der Waals surface area contributed by atoms with Crippen LogP contribution < -0.4 is 14.8 Å². The summed E-state index contributed by atoms with van der Waals surface area (Å²) in [5.74, 6) is -0.0526. The Hall–Kier alpha value is -3.41. The monoisotopic (exact) mass is 597 g/mol. The Morgan fingerprint density at radius 2 is 1.51 bits per heavy atom. The van der Waals surface area contributed by atoms with Gasteiger partial charge in [0.05, 0.1) is 22.6 Å². The van der Waals surface area contributed by atoms with Crippen molar-refractivity contribution in [2.24, 2.45) is 10.8 Å². The number of methoxy groups -OCH3 is 1. The van der Waals surface area contributed by atoms with Gasteiger partial charge in [-0.2, -0.15) is 4.31 Å². The third-order valence-electron chi connectivity index (χ3n) is 7.86. The molecule has 218 valence electrons. The maximum atomic E-state index is 13.5. The molecule has 0 aromatic heterocycles. The van der Waals surface area contributed by atoms with Crippen molar-refractivity contribution in [3.8, 4) is 5.75 Å². The number of sulfonamides is 2. The van der Waals surface area contributed by atoms with Crippen molar-refractivity contribution in [3.05, 3.63) is 78.4 Å². The van der Waals surface area contributed by atoms with Gasteiger partial charge in [0.15, 0.2) is 0 Å². The Morgan fingerprint density at radius 3 is 2.17 bits per heavy atom. The number of hydrogen-bond acceptors (Lipinski definition) is 6. The van der Waals surface area contributed by atoms with E-state index in [1.54, 1.807) is 28.6 Å². The van der Waals surface area contributed by atoms with E-state index in [9.17, 15) is 21.6 Å². The second-order valence-corrected chi connectivity index (χ2v) is 15.6. The van der Waals surface area contributed by atoms with Gasteiger partial charge in [0.1, 0.15) is 5.75 Å². The first kappa shape index (κ1) is 29.1. The van der Waals surface area contributed by atoms with Crippen molar-refractivity contribution < 1.29 is 26.4 Å². The highest BCUT2D eigenvalue weighted by molar-refractivity contribution is 7.92. The highest BCUT2D eigenvalue weighted by Crippen LogP contribution is 2.53. The molecule has 3 aromatic carbocycles. The van der Waals surface area contributed by atoms with E-state index in [-0.39, 0.29) is 32.2 Å². The van der Waals surface area contributed by atoms with Gasteiger partial charge < -0.3 is 10.1 Å².